The average Bonchev–Trinajstić information content (AvgIpc) is 3.09. The van der Waals surface area contributed by atoms with Crippen LogP contribution in [0.15, 0.2) is 30.3 Å². The first-order valence-corrected chi connectivity index (χ1v) is 7.58. The number of hydrogen-bond donors (Lipinski definition) is 1. The largest absolute Gasteiger partial charge is 0.356 e. The summed E-state index contributed by atoms with van der Waals surface area (Å²) in [7, 11) is 0. The van der Waals surface area contributed by atoms with Crippen LogP contribution in [0, 0.1) is 18.3 Å². The van der Waals surface area contributed by atoms with E-state index in [1.807, 2.05) is 0 Å². The van der Waals surface area contributed by atoms with Gasteiger partial charge in [0, 0.05) is 24.8 Å². The SMILES string of the molecule is Cc1nc(C(=O)Nc2cccc(C#N)c2)cc(N2CCCC2)n1. The molecule has 0 unspecified atom stereocenters. The number of anilines is 2. The number of carbonyl (C=O) groups is 1. The lowest BCUT2D eigenvalue weighted by Crippen LogP contribution is -2.22. The molecule has 1 aliphatic heterocycles. The fourth-order valence-electron chi connectivity index (χ4n) is 2.64. The molecule has 0 atom stereocenters. The zero-order valence-electron chi connectivity index (χ0n) is 12.9. The van der Waals surface area contributed by atoms with Gasteiger partial charge in [-0.3, -0.25) is 4.79 Å². The maximum atomic E-state index is 12.4. The van der Waals surface area contributed by atoms with E-state index >= 15 is 0 Å². The van der Waals surface area contributed by atoms with Gasteiger partial charge in [0.15, 0.2) is 0 Å². The van der Waals surface area contributed by atoms with Crippen LogP contribution in [0.3, 0.4) is 0 Å². The standard InChI is InChI=1S/C17H17N5O/c1-12-19-15(10-16(20-12)22-7-2-3-8-22)17(23)21-14-6-4-5-13(9-14)11-18/h4-6,9-10H,2-3,7-8H2,1H3,(H,21,23). The Morgan fingerprint density at radius 2 is 2.04 bits per heavy atom. The van der Waals surface area contributed by atoms with Crippen molar-refractivity contribution in [1.29, 1.82) is 5.26 Å². The summed E-state index contributed by atoms with van der Waals surface area (Å²) >= 11 is 0. The van der Waals surface area contributed by atoms with Gasteiger partial charge in [0.1, 0.15) is 17.3 Å². The minimum Gasteiger partial charge on any atom is -0.356 e. The number of aromatic nitrogens is 2. The Morgan fingerprint density at radius 3 is 2.78 bits per heavy atom. The van der Waals surface area contributed by atoms with Gasteiger partial charge in [-0.2, -0.15) is 5.26 Å². The van der Waals surface area contributed by atoms with Crippen LogP contribution < -0.4 is 10.2 Å². The topological polar surface area (TPSA) is 81.9 Å². The van der Waals surface area contributed by atoms with E-state index in [1.54, 1.807) is 37.3 Å². The molecule has 1 amide bonds. The number of hydrogen-bond acceptors (Lipinski definition) is 5. The lowest BCUT2D eigenvalue weighted by molar-refractivity contribution is 0.102. The number of rotatable bonds is 3. The summed E-state index contributed by atoms with van der Waals surface area (Å²) < 4.78 is 0. The van der Waals surface area contributed by atoms with Crippen molar-refractivity contribution in [2.75, 3.05) is 23.3 Å². The fourth-order valence-corrected chi connectivity index (χ4v) is 2.64. The van der Waals surface area contributed by atoms with Gasteiger partial charge in [-0.1, -0.05) is 6.07 Å². The monoisotopic (exact) mass is 307 g/mol. The Balaban J connectivity index is 1.82. The Labute approximate surface area is 134 Å². The maximum Gasteiger partial charge on any atom is 0.274 e. The summed E-state index contributed by atoms with van der Waals surface area (Å²) in [6.07, 6.45) is 2.29. The minimum absolute atomic E-state index is 0.300. The van der Waals surface area contributed by atoms with E-state index < -0.39 is 0 Å². The van der Waals surface area contributed by atoms with Gasteiger partial charge in [0.2, 0.25) is 0 Å². The molecule has 0 saturated carbocycles. The molecule has 1 aliphatic rings. The summed E-state index contributed by atoms with van der Waals surface area (Å²) in [5, 5.41) is 11.7. The molecule has 0 aliphatic carbocycles. The van der Waals surface area contributed by atoms with Crippen LogP contribution in [0.25, 0.3) is 0 Å². The average molecular weight is 307 g/mol. The number of amides is 1. The molecular weight excluding hydrogens is 290 g/mol. The van der Waals surface area contributed by atoms with E-state index in [0.29, 0.717) is 22.8 Å². The van der Waals surface area contributed by atoms with E-state index in [1.165, 1.54) is 0 Å². The number of nitriles is 1. The molecule has 1 fully saturated rings. The molecule has 2 heterocycles. The van der Waals surface area contributed by atoms with E-state index in [9.17, 15) is 4.79 Å². The third-order valence-electron chi connectivity index (χ3n) is 3.74. The molecule has 2 aromatic rings. The van der Waals surface area contributed by atoms with Crippen LogP contribution >= 0.6 is 0 Å². The molecule has 0 radical (unpaired) electrons. The summed E-state index contributed by atoms with van der Waals surface area (Å²) in [5.74, 6) is 1.07. The van der Waals surface area contributed by atoms with E-state index in [4.69, 9.17) is 5.26 Å². The highest BCUT2D eigenvalue weighted by Crippen LogP contribution is 2.19. The van der Waals surface area contributed by atoms with Crippen molar-refractivity contribution in [3.8, 4) is 6.07 Å². The van der Waals surface area contributed by atoms with Crippen molar-refractivity contribution >= 4 is 17.4 Å². The summed E-state index contributed by atoms with van der Waals surface area (Å²) in [6.45, 7) is 3.70. The Bertz CT molecular complexity index is 775. The van der Waals surface area contributed by atoms with Crippen LogP contribution in [-0.4, -0.2) is 29.0 Å². The fraction of sp³-hybridized carbons (Fsp3) is 0.294. The first-order chi connectivity index (χ1) is 11.2. The van der Waals surface area contributed by atoms with Gasteiger partial charge in [-0.15, -0.1) is 0 Å². The molecule has 1 saturated heterocycles. The van der Waals surface area contributed by atoms with Crippen LogP contribution in [0.2, 0.25) is 0 Å². The number of nitrogens with one attached hydrogen (secondary N) is 1. The molecule has 6 nitrogen and oxygen atoms in total. The molecule has 6 heteroatoms. The summed E-state index contributed by atoms with van der Waals surface area (Å²) in [6, 6.07) is 10.6. The highest BCUT2D eigenvalue weighted by atomic mass is 16.1. The zero-order chi connectivity index (χ0) is 16.2. The summed E-state index contributed by atoms with van der Waals surface area (Å²) in [5.41, 5.74) is 1.41. The van der Waals surface area contributed by atoms with Crippen molar-refractivity contribution < 1.29 is 4.79 Å². The molecule has 3 rings (SSSR count). The zero-order valence-corrected chi connectivity index (χ0v) is 12.9. The normalized spacial score (nSPS) is 13.7. The molecule has 1 N–H and O–H groups in total. The quantitative estimate of drug-likeness (QED) is 0.942. The Hall–Kier alpha value is -2.94. The summed E-state index contributed by atoms with van der Waals surface area (Å²) in [4.78, 5) is 23.3. The first kappa shape index (κ1) is 15.0. The second-order valence-electron chi connectivity index (χ2n) is 5.50. The van der Waals surface area contributed by atoms with Gasteiger partial charge in [-0.25, -0.2) is 9.97 Å². The minimum atomic E-state index is -0.300. The second-order valence-corrected chi connectivity index (χ2v) is 5.50. The smallest absolute Gasteiger partial charge is 0.274 e. The second kappa shape index (κ2) is 6.44. The van der Waals surface area contributed by atoms with Gasteiger partial charge in [-0.05, 0) is 38.0 Å². The van der Waals surface area contributed by atoms with Crippen LogP contribution in [-0.2, 0) is 0 Å². The molecule has 1 aromatic heterocycles. The molecule has 0 bridgehead atoms. The first-order valence-electron chi connectivity index (χ1n) is 7.58. The van der Waals surface area contributed by atoms with Crippen molar-refractivity contribution in [2.24, 2.45) is 0 Å². The third kappa shape index (κ3) is 3.46. The predicted molar refractivity (Wildman–Crippen MR) is 87.3 cm³/mol. The molecule has 116 valence electrons. The van der Waals surface area contributed by atoms with Gasteiger partial charge in [0.25, 0.3) is 5.91 Å². The lowest BCUT2D eigenvalue weighted by atomic mass is 10.2. The third-order valence-corrected chi connectivity index (χ3v) is 3.74. The molecular formula is C17H17N5O. The Morgan fingerprint density at radius 1 is 1.26 bits per heavy atom. The lowest BCUT2D eigenvalue weighted by Gasteiger charge is -2.17. The molecule has 23 heavy (non-hydrogen) atoms. The predicted octanol–water partition coefficient (Wildman–Crippen LogP) is 2.51. The number of aryl methyl sites for hydroxylation is 1. The van der Waals surface area contributed by atoms with Gasteiger partial charge >= 0.3 is 0 Å². The van der Waals surface area contributed by atoms with Crippen LogP contribution in [0.1, 0.15) is 34.7 Å². The maximum absolute atomic E-state index is 12.4. The van der Waals surface area contributed by atoms with Crippen molar-refractivity contribution in [1.82, 2.24) is 9.97 Å². The van der Waals surface area contributed by atoms with E-state index in [-0.39, 0.29) is 5.91 Å². The number of benzene rings is 1. The number of carbonyl (C=O) groups excluding carboxylic acids is 1. The van der Waals surface area contributed by atoms with Crippen molar-refractivity contribution in [2.45, 2.75) is 19.8 Å². The van der Waals surface area contributed by atoms with Crippen molar-refractivity contribution in [3.63, 3.8) is 0 Å². The van der Waals surface area contributed by atoms with Gasteiger partial charge < -0.3 is 10.2 Å². The highest BCUT2D eigenvalue weighted by molar-refractivity contribution is 6.03. The van der Waals surface area contributed by atoms with Gasteiger partial charge in [0.05, 0.1) is 11.6 Å². The Kier molecular flexibility index (Phi) is 4.20. The molecule has 1 aromatic carbocycles. The van der Waals surface area contributed by atoms with Crippen LogP contribution in [0.4, 0.5) is 11.5 Å². The molecule has 0 spiro atoms. The van der Waals surface area contributed by atoms with E-state index in [2.05, 4.69) is 26.3 Å². The number of nitrogens with zero attached hydrogens (tertiary/aromatic N) is 4. The highest BCUT2D eigenvalue weighted by Gasteiger charge is 2.17. The van der Waals surface area contributed by atoms with Crippen molar-refractivity contribution in [3.05, 3.63) is 47.4 Å². The van der Waals surface area contributed by atoms with E-state index in [0.717, 1.165) is 31.7 Å². The van der Waals surface area contributed by atoms with Crippen LogP contribution in [0.5, 0.6) is 0 Å².